The zero-order chi connectivity index (χ0) is 19.4. The average Bonchev–Trinajstić information content (AvgIpc) is 3.07. The standard InChI is InChI=1S/C21H20O6/c1-23-15-6-5-13(18(11-15)25-3)9-14-10-20(27-21(14)22)17-8-7-16(24-2)12-19(17)26-4/h5-12H,1-4H3. The van der Waals surface area contributed by atoms with Crippen molar-refractivity contribution in [1.82, 2.24) is 0 Å². The van der Waals surface area contributed by atoms with Crippen LogP contribution < -0.4 is 18.9 Å². The number of hydrogen-bond donors (Lipinski definition) is 0. The number of carbonyl (C=O) groups is 1. The molecule has 2 aromatic rings. The van der Waals surface area contributed by atoms with Gasteiger partial charge in [0.2, 0.25) is 0 Å². The van der Waals surface area contributed by atoms with E-state index in [4.69, 9.17) is 23.7 Å². The Kier molecular flexibility index (Phi) is 5.35. The Bertz CT molecular complexity index is 926. The van der Waals surface area contributed by atoms with Gasteiger partial charge in [-0.1, -0.05) is 0 Å². The van der Waals surface area contributed by atoms with Crippen molar-refractivity contribution >= 4 is 17.8 Å². The van der Waals surface area contributed by atoms with Gasteiger partial charge in [0.25, 0.3) is 0 Å². The molecule has 27 heavy (non-hydrogen) atoms. The second kappa shape index (κ2) is 7.86. The first kappa shape index (κ1) is 18.4. The van der Waals surface area contributed by atoms with E-state index in [9.17, 15) is 4.79 Å². The van der Waals surface area contributed by atoms with Crippen molar-refractivity contribution < 1.29 is 28.5 Å². The Morgan fingerprint density at radius 3 is 2.07 bits per heavy atom. The summed E-state index contributed by atoms with van der Waals surface area (Å²) in [6.07, 6.45) is 3.39. The zero-order valence-electron chi connectivity index (χ0n) is 15.6. The molecule has 0 N–H and O–H groups in total. The summed E-state index contributed by atoms with van der Waals surface area (Å²) in [6.45, 7) is 0. The Morgan fingerprint density at radius 2 is 1.44 bits per heavy atom. The number of carbonyl (C=O) groups excluding carboxylic acids is 1. The van der Waals surface area contributed by atoms with Crippen molar-refractivity contribution in [3.05, 3.63) is 59.2 Å². The molecule has 1 aliphatic heterocycles. The molecule has 0 aliphatic carbocycles. The molecule has 0 amide bonds. The molecule has 6 heteroatoms. The van der Waals surface area contributed by atoms with Gasteiger partial charge >= 0.3 is 5.97 Å². The smallest absolute Gasteiger partial charge is 0.343 e. The van der Waals surface area contributed by atoms with E-state index in [1.54, 1.807) is 70.9 Å². The van der Waals surface area contributed by atoms with Gasteiger partial charge in [-0.15, -0.1) is 0 Å². The van der Waals surface area contributed by atoms with Gasteiger partial charge in [0.1, 0.15) is 28.8 Å². The molecule has 0 radical (unpaired) electrons. The lowest BCUT2D eigenvalue weighted by molar-refractivity contribution is -0.130. The van der Waals surface area contributed by atoms with Crippen LogP contribution in [0.3, 0.4) is 0 Å². The van der Waals surface area contributed by atoms with Crippen molar-refractivity contribution in [1.29, 1.82) is 0 Å². The van der Waals surface area contributed by atoms with E-state index in [-0.39, 0.29) is 0 Å². The third-order valence-electron chi connectivity index (χ3n) is 4.15. The minimum atomic E-state index is -0.444. The van der Waals surface area contributed by atoms with E-state index in [2.05, 4.69) is 0 Å². The fourth-order valence-corrected chi connectivity index (χ4v) is 2.73. The first-order chi connectivity index (χ1) is 13.1. The molecule has 0 saturated heterocycles. The predicted molar refractivity (Wildman–Crippen MR) is 101 cm³/mol. The van der Waals surface area contributed by atoms with E-state index in [0.717, 1.165) is 5.56 Å². The van der Waals surface area contributed by atoms with Gasteiger partial charge in [0.15, 0.2) is 0 Å². The lowest BCUT2D eigenvalue weighted by atomic mass is 10.1. The molecule has 0 bridgehead atoms. The highest BCUT2D eigenvalue weighted by Crippen LogP contribution is 2.36. The van der Waals surface area contributed by atoms with Crippen molar-refractivity contribution in [2.24, 2.45) is 0 Å². The SMILES string of the molecule is COc1ccc(C=C2C=C(c3ccc(OC)cc3OC)OC2=O)c(OC)c1. The second-order valence-corrected chi connectivity index (χ2v) is 5.67. The number of ether oxygens (including phenoxy) is 5. The maximum absolute atomic E-state index is 12.3. The fraction of sp³-hybridized carbons (Fsp3) is 0.190. The lowest BCUT2D eigenvalue weighted by Crippen LogP contribution is -1.99. The Balaban J connectivity index is 1.99. The van der Waals surface area contributed by atoms with Gasteiger partial charge in [0.05, 0.1) is 39.6 Å². The summed E-state index contributed by atoms with van der Waals surface area (Å²) in [6, 6.07) is 10.7. The monoisotopic (exact) mass is 368 g/mol. The highest BCUT2D eigenvalue weighted by Gasteiger charge is 2.25. The summed E-state index contributed by atoms with van der Waals surface area (Å²) >= 11 is 0. The fourth-order valence-electron chi connectivity index (χ4n) is 2.73. The van der Waals surface area contributed by atoms with Crippen LogP contribution in [0.1, 0.15) is 11.1 Å². The third-order valence-corrected chi connectivity index (χ3v) is 4.15. The minimum absolute atomic E-state index is 0.409. The second-order valence-electron chi connectivity index (χ2n) is 5.67. The van der Waals surface area contributed by atoms with Gasteiger partial charge < -0.3 is 23.7 Å². The van der Waals surface area contributed by atoms with Crippen molar-refractivity contribution in [3.8, 4) is 23.0 Å². The van der Waals surface area contributed by atoms with Crippen LogP contribution in [-0.2, 0) is 9.53 Å². The van der Waals surface area contributed by atoms with Crippen LogP contribution in [0.15, 0.2) is 48.0 Å². The quantitative estimate of drug-likeness (QED) is 0.572. The maximum Gasteiger partial charge on any atom is 0.343 e. The first-order valence-corrected chi connectivity index (χ1v) is 8.19. The van der Waals surface area contributed by atoms with Crippen LogP contribution in [0.2, 0.25) is 0 Å². The number of hydrogen-bond acceptors (Lipinski definition) is 6. The molecular formula is C21H20O6. The summed E-state index contributed by atoms with van der Waals surface area (Å²) < 4.78 is 26.6. The van der Waals surface area contributed by atoms with Crippen molar-refractivity contribution in [3.63, 3.8) is 0 Å². The largest absolute Gasteiger partial charge is 0.497 e. The van der Waals surface area contributed by atoms with Crippen LogP contribution in [0, 0.1) is 0 Å². The molecule has 140 valence electrons. The molecule has 0 unspecified atom stereocenters. The Labute approximate surface area is 157 Å². The van der Waals surface area contributed by atoms with E-state index >= 15 is 0 Å². The van der Waals surface area contributed by atoms with Crippen LogP contribution in [0.25, 0.3) is 11.8 Å². The van der Waals surface area contributed by atoms with Gasteiger partial charge in [-0.05, 0) is 36.4 Å². The van der Waals surface area contributed by atoms with Crippen LogP contribution in [0.4, 0.5) is 0 Å². The average molecular weight is 368 g/mol. The number of esters is 1. The van der Waals surface area contributed by atoms with E-state index < -0.39 is 5.97 Å². The Morgan fingerprint density at radius 1 is 0.815 bits per heavy atom. The van der Waals surface area contributed by atoms with Crippen molar-refractivity contribution in [2.45, 2.75) is 0 Å². The predicted octanol–water partition coefficient (Wildman–Crippen LogP) is 3.70. The highest BCUT2D eigenvalue weighted by atomic mass is 16.5. The molecule has 0 atom stereocenters. The third kappa shape index (κ3) is 3.74. The molecule has 0 spiro atoms. The van der Waals surface area contributed by atoms with Crippen LogP contribution in [-0.4, -0.2) is 34.4 Å². The molecule has 1 aliphatic rings. The highest BCUT2D eigenvalue weighted by molar-refractivity contribution is 6.05. The number of benzene rings is 2. The number of methoxy groups -OCH3 is 4. The summed E-state index contributed by atoms with van der Waals surface area (Å²) in [5.74, 6) is 2.44. The molecule has 0 saturated carbocycles. The van der Waals surface area contributed by atoms with E-state index in [1.807, 2.05) is 6.07 Å². The van der Waals surface area contributed by atoms with Gasteiger partial charge in [-0.3, -0.25) is 0 Å². The van der Waals surface area contributed by atoms with Gasteiger partial charge in [-0.25, -0.2) is 4.79 Å². The van der Waals surface area contributed by atoms with Gasteiger partial charge in [0, 0.05) is 17.7 Å². The summed E-state index contributed by atoms with van der Waals surface area (Å²) in [5.41, 5.74) is 1.81. The molecular weight excluding hydrogens is 348 g/mol. The van der Waals surface area contributed by atoms with Crippen molar-refractivity contribution in [2.75, 3.05) is 28.4 Å². The molecule has 2 aromatic carbocycles. The number of cyclic esters (lactones) is 1. The molecule has 0 fully saturated rings. The summed E-state index contributed by atoms with van der Waals surface area (Å²) in [5, 5.41) is 0. The molecule has 6 nitrogen and oxygen atoms in total. The Hall–Kier alpha value is -3.41. The first-order valence-electron chi connectivity index (χ1n) is 8.19. The molecule has 0 aromatic heterocycles. The topological polar surface area (TPSA) is 63.2 Å². The van der Waals surface area contributed by atoms with E-state index in [1.165, 1.54) is 0 Å². The number of rotatable bonds is 6. The maximum atomic E-state index is 12.3. The molecule has 1 heterocycles. The summed E-state index contributed by atoms with van der Waals surface area (Å²) in [7, 11) is 6.27. The van der Waals surface area contributed by atoms with Gasteiger partial charge in [-0.2, -0.15) is 0 Å². The minimum Gasteiger partial charge on any atom is -0.497 e. The normalized spacial score (nSPS) is 14.6. The van der Waals surface area contributed by atoms with E-state index in [0.29, 0.717) is 39.9 Å². The van der Waals surface area contributed by atoms with Crippen LogP contribution >= 0.6 is 0 Å². The molecule has 3 rings (SSSR count). The van der Waals surface area contributed by atoms with Crippen LogP contribution in [0.5, 0.6) is 23.0 Å². The summed E-state index contributed by atoms with van der Waals surface area (Å²) in [4.78, 5) is 12.3. The zero-order valence-corrected chi connectivity index (χ0v) is 15.6. The lowest BCUT2D eigenvalue weighted by Gasteiger charge is -2.10.